The molecule has 6 saturated carbocycles. The molecular formula is C20H26O2. The van der Waals surface area contributed by atoms with E-state index in [0.717, 1.165) is 60.2 Å². The third kappa shape index (κ3) is 1.35. The number of Topliss-reactive ketones (excluding diaryl/α,β-unsaturated/α-hetero) is 2. The lowest BCUT2D eigenvalue weighted by molar-refractivity contribution is -0.122. The largest absolute Gasteiger partial charge is 0.299 e. The molecular weight excluding hydrogens is 272 g/mol. The van der Waals surface area contributed by atoms with E-state index >= 15 is 0 Å². The highest BCUT2D eigenvalue weighted by atomic mass is 16.1. The van der Waals surface area contributed by atoms with Gasteiger partial charge in [0.2, 0.25) is 0 Å². The lowest BCUT2D eigenvalue weighted by atomic mass is 9.82. The van der Waals surface area contributed by atoms with Crippen molar-refractivity contribution in [1.82, 2.24) is 0 Å². The second-order valence-corrected chi connectivity index (χ2v) is 9.48. The number of carbonyl (C=O) groups is 2. The number of rotatable bonds is 0. The smallest absolute Gasteiger partial charge is 0.136 e. The number of hydrogen-bond donors (Lipinski definition) is 0. The van der Waals surface area contributed by atoms with Gasteiger partial charge in [-0.05, 0) is 85.9 Å². The molecule has 0 aromatic heterocycles. The minimum atomic E-state index is 0.456. The Hall–Kier alpha value is -0.660. The van der Waals surface area contributed by atoms with Crippen LogP contribution < -0.4 is 0 Å². The first kappa shape index (κ1) is 12.7. The van der Waals surface area contributed by atoms with E-state index in [1.807, 2.05) is 0 Å². The molecule has 0 saturated heterocycles. The topological polar surface area (TPSA) is 34.1 Å². The molecule has 0 spiro atoms. The minimum Gasteiger partial charge on any atom is -0.299 e. The van der Waals surface area contributed by atoms with E-state index in [-0.39, 0.29) is 0 Å². The Labute approximate surface area is 132 Å². The van der Waals surface area contributed by atoms with E-state index < -0.39 is 0 Å². The molecule has 0 aromatic carbocycles. The summed E-state index contributed by atoms with van der Waals surface area (Å²) in [5.74, 6) is 8.97. The van der Waals surface area contributed by atoms with Gasteiger partial charge in [-0.25, -0.2) is 0 Å². The van der Waals surface area contributed by atoms with Crippen LogP contribution in [0.25, 0.3) is 0 Å². The maximum Gasteiger partial charge on any atom is 0.136 e. The lowest BCUT2D eigenvalue weighted by Crippen LogP contribution is -2.18. The Kier molecular flexibility index (Phi) is 2.34. The van der Waals surface area contributed by atoms with Crippen molar-refractivity contribution in [2.45, 2.75) is 51.4 Å². The highest BCUT2D eigenvalue weighted by Crippen LogP contribution is 2.69. The molecule has 2 heteroatoms. The Balaban J connectivity index is 1.28. The maximum absolute atomic E-state index is 12.1. The monoisotopic (exact) mass is 298 g/mol. The maximum atomic E-state index is 12.1. The quantitative estimate of drug-likeness (QED) is 0.686. The fourth-order valence-corrected chi connectivity index (χ4v) is 8.72. The molecule has 0 aliphatic heterocycles. The van der Waals surface area contributed by atoms with Crippen LogP contribution in [-0.4, -0.2) is 11.6 Å². The first-order valence-electron chi connectivity index (χ1n) is 9.78. The zero-order chi connectivity index (χ0) is 14.6. The predicted octanol–water partition coefficient (Wildman–Crippen LogP) is 3.49. The SMILES string of the molecule is O=C1CCC2C1CC1C2C[C@@H]2C3CC4C(=O)CCC4C3C[C@H]12. The van der Waals surface area contributed by atoms with E-state index in [1.54, 1.807) is 0 Å². The molecule has 8 unspecified atom stereocenters. The van der Waals surface area contributed by atoms with Gasteiger partial charge in [-0.1, -0.05) is 0 Å². The van der Waals surface area contributed by atoms with E-state index in [1.165, 1.54) is 38.5 Å². The zero-order valence-corrected chi connectivity index (χ0v) is 13.2. The summed E-state index contributed by atoms with van der Waals surface area (Å²) < 4.78 is 0. The van der Waals surface area contributed by atoms with E-state index in [2.05, 4.69) is 0 Å². The number of carbonyl (C=O) groups excluding carboxylic acids is 2. The summed E-state index contributed by atoms with van der Waals surface area (Å²) in [4.78, 5) is 24.2. The molecule has 0 aromatic rings. The predicted molar refractivity (Wildman–Crippen MR) is 81.9 cm³/mol. The normalized spacial score (nSPS) is 61.3. The van der Waals surface area contributed by atoms with Crippen LogP contribution in [0.1, 0.15) is 51.4 Å². The van der Waals surface area contributed by atoms with Gasteiger partial charge in [0.05, 0.1) is 0 Å². The summed E-state index contributed by atoms with van der Waals surface area (Å²) >= 11 is 0. The molecule has 22 heavy (non-hydrogen) atoms. The standard InChI is InChI=1S/C20H26O2/c21-19-3-1-9-11-5-13-14(15(11)7-17(9)19)6-12-10-2-4-20(22)18(10)8-16(12)13/h9-18H,1-8H2/t9?,10?,11?,12?,13-,14-,15?,16?,17?,18?/m0/s1. The summed E-state index contributed by atoms with van der Waals surface area (Å²) in [5, 5.41) is 0. The van der Waals surface area contributed by atoms with Crippen molar-refractivity contribution in [3.63, 3.8) is 0 Å². The van der Waals surface area contributed by atoms with Gasteiger partial charge in [0, 0.05) is 24.7 Å². The second kappa shape index (κ2) is 4.05. The van der Waals surface area contributed by atoms with E-state index in [9.17, 15) is 9.59 Å². The lowest BCUT2D eigenvalue weighted by Gasteiger charge is -2.23. The summed E-state index contributed by atoms with van der Waals surface area (Å²) in [6.07, 6.45) is 9.45. The second-order valence-electron chi connectivity index (χ2n) is 9.48. The molecule has 0 radical (unpaired) electrons. The fourth-order valence-electron chi connectivity index (χ4n) is 8.72. The number of hydrogen-bond acceptors (Lipinski definition) is 2. The summed E-state index contributed by atoms with van der Waals surface area (Å²) in [6, 6.07) is 0. The van der Waals surface area contributed by atoms with Crippen molar-refractivity contribution >= 4 is 11.6 Å². The minimum absolute atomic E-state index is 0.456. The van der Waals surface area contributed by atoms with Gasteiger partial charge >= 0.3 is 0 Å². The van der Waals surface area contributed by atoms with Gasteiger partial charge in [0.25, 0.3) is 0 Å². The molecule has 2 nitrogen and oxygen atoms in total. The van der Waals surface area contributed by atoms with Gasteiger partial charge in [0.15, 0.2) is 0 Å². The third-order valence-corrected chi connectivity index (χ3v) is 9.30. The molecule has 0 heterocycles. The third-order valence-electron chi connectivity index (χ3n) is 9.30. The molecule has 6 fully saturated rings. The number of ketones is 2. The van der Waals surface area contributed by atoms with Gasteiger partial charge in [0.1, 0.15) is 11.6 Å². The van der Waals surface area contributed by atoms with Crippen LogP contribution in [0.3, 0.4) is 0 Å². The van der Waals surface area contributed by atoms with Gasteiger partial charge < -0.3 is 0 Å². The average molecular weight is 298 g/mol. The fraction of sp³-hybridized carbons (Fsp3) is 0.900. The van der Waals surface area contributed by atoms with Crippen LogP contribution in [0.15, 0.2) is 0 Å². The molecule has 6 aliphatic rings. The van der Waals surface area contributed by atoms with Crippen LogP contribution >= 0.6 is 0 Å². The van der Waals surface area contributed by atoms with E-state index in [0.29, 0.717) is 23.4 Å². The molecule has 118 valence electrons. The van der Waals surface area contributed by atoms with Crippen molar-refractivity contribution in [2.24, 2.45) is 59.2 Å². The van der Waals surface area contributed by atoms with Gasteiger partial charge in [-0.3, -0.25) is 9.59 Å². The first-order chi connectivity index (χ1) is 10.7. The molecule has 0 bridgehead atoms. The highest BCUT2D eigenvalue weighted by molar-refractivity contribution is 5.84. The van der Waals surface area contributed by atoms with Crippen LogP contribution in [0.2, 0.25) is 0 Å². The van der Waals surface area contributed by atoms with Crippen molar-refractivity contribution < 1.29 is 9.59 Å². The summed E-state index contributed by atoms with van der Waals surface area (Å²) in [5.41, 5.74) is 0. The molecule has 0 N–H and O–H groups in total. The molecule has 0 amide bonds. The summed E-state index contributed by atoms with van der Waals surface area (Å²) in [6.45, 7) is 0. The number of fused-ring (bicyclic) bond motifs is 9. The Morgan fingerprint density at radius 3 is 1.32 bits per heavy atom. The Morgan fingerprint density at radius 2 is 0.864 bits per heavy atom. The zero-order valence-electron chi connectivity index (χ0n) is 13.2. The Morgan fingerprint density at radius 1 is 0.500 bits per heavy atom. The molecule has 6 rings (SSSR count). The first-order valence-corrected chi connectivity index (χ1v) is 9.78. The summed E-state index contributed by atoms with van der Waals surface area (Å²) in [7, 11) is 0. The molecule has 10 atom stereocenters. The van der Waals surface area contributed by atoms with Crippen molar-refractivity contribution in [2.75, 3.05) is 0 Å². The van der Waals surface area contributed by atoms with Crippen LogP contribution in [0, 0.1) is 59.2 Å². The Bertz CT molecular complexity index is 516. The van der Waals surface area contributed by atoms with Crippen molar-refractivity contribution in [3.8, 4) is 0 Å². The average Bonchev–Trinajstić information content (AvgIpc) is 3.23. The van der Waals surface area contributed by atoms with Crippen LogP contribution in [0.4, 0.5) is 0 Å². The van der Waals surface area contributed by atoms with E-state index in [4.69, 9.17) is 0 Å². The van der Waals surface area contributed by atoms with Crippen molar-refractivity contribution in [1.29, 1.82) is 0 Å². The molecule has 6 aliphatic carbocycles. The highest BCUT2D eigenvalue weighted by Gasteiger charge is 2.64. The van der Waals surface area contributed by atoms with Crippen LogP contribution in [-0.2, 0) is 9.59 Å². The van der Waals surface area contributed by atoms with Gasteiger partial charge in [-0.15, -0.1) is 0 Å². The van der Waals surface area contributed by atoms with Crippen LogP contribution in [0.5, 0.6) is 0 Å². The van der Waals surface area contributed by atoms with Crippen molar-refractivity contribution in [3.05, 3.63) is 0 Å². The van der Waals surface area contributed by atoms with Gasteiger partial charge in [-0.2, -0.15) is 0 Å².